The van der Waals surface area contributed by atoms with E-state index < -0.39 is 5.82 Å². The van der Waals surface area contributed by atoms with Gasteiger partial charge in [-0.25, -0.2) is 4.39 Å². The second-order valence-corrected chi connectivity index (χ2v) is 5.00. The zero-order chi connectivity index (χ0) is 14.0. The Labute approximate surface area is 123 Å². The highest BCUT2D eigenvalue weighted by molar-refractivity contribution is 9.10. The van der Waals surface area contributed by atoms with E-state index in [1.807, 2.05) is 0 Å². The number of anilines is 3. The smallest absolute Gasteiger partial charge is 0.148 e. The number of ether oxygens (including phenoxy) is 1. The average molecular weight is 346 g/mol. The summed E-state index contributed by atoms with van der Waals surface area (Å²) in [6, 6.07) is 7.98. The summed E-state index contributed by atoms with van der Waals surface area (Å²) in [7, 11) is 1.47. The molecule has 6 heteroatoms. The lowest BCUT2D eigenvalue weighted by Crippen LogP contribution is -1.99. The van der Waals surface area contributed by atoms with Crippen molar-refractivity contribution >= 4 is 44.6 Å². The third-order valence-corrected chi connectivity index (χ3v) is 3.94. The minimum atomic E-state index is -0.467. The van der Waals surface area contributed by atoms with E-state index >= 15 is 0 Å². The molecule has 0 aliphatic heterocycles. The summed E-state index contributed by atoms with van der Waals surface area (Å²) in [4.78, 5) is 0. The van der Waals surface area contributed by atoms with Gasteiger partial charge in [0.25, 0.3) is 0 Å². The first-order valence-corrected chi connectivity index (χ1v) is 6.54. The van der Waals surface area contributed by atoms with Gasteiger partial charge < -0.3 is 15.8 Å². The van der Waals surface area contributed by atoms with Crippen LogP contribution in [0.25, 0.3) is 0 Å². The summed E-state index contributed by atoms with van der Waals surface area (Å²) in [5.41, 5.74) is 6.78. The van der Waals surface area contributed by atoms with Crippen LogP contribution in [0.1, 0.15) is 0 Å². The molecule has 0 radical (unpaired) electrons. The van der Waals surface area contributed by atoms with Crippen LogP contribution in [0.4, 0.5) is 21.5 Å². The molecule has 0 aromatic heterocycles. The molecule has 0 saturated heterocycles. The number of nitrogens with one attached hydrogen (secondary N) is 1. The van der Waals surface area contributed by atoms with E-state index in [2.05, 4.69) is 21.2 Å². The predicted octanol–water partition coefficient (Wildman–Crippen LogP) is 4.58. The molecule has 0 saturated carbocycles. The van der Waals surface area contributed by atoms with Gasteiger partial charge in [-0.15, -0.1) is 0 Å². The minimum absolute atomic E-state index is 0.246. The van der Waals surface area contributed by atoms with Gasteiger partial charge >= 0.3 is 0 Å². The first-order chi connectivity index (χ1) is 9.02. The molecule has 2 aromatic rings. The molecular weight excluding hydrogens is 335 g/mol. The van der Waals surface area contributed by atoms with E-state index in [9.17, 15) is 4.39 Å². The zero-order valence-corrected chi connectivity index (χ0v) is 12.3. The number of hydrogen-bond acceptors (Lipinski definition) is 3. The summed E-state index contributed by atoms with van der Waals surface area (Å²) < 4.78 is 19.6. The van der Waals surface area contributed by atoms with Crippen LogP contribution in [-0.4, -0.2) is 7.11 Å². The SMILES string of the molecule is COc1cc(Nc2cccc(Cl)c2Br)c(F)cc1N. The molecule has 0 amide bonds. The summed E-state index contributed by atoms with van der Waals surface area (Å²) in [6.45, 7) is 0. The molecule has 2 rings (SSSR count). The molecule has 100 valence electrons. The predicted molar refractivity (Wildman–Crippen MR) is 79.8 cm³/mol. The summed E-state index contributed by atoms with van der Waals surface area (Å²) in [5, 5.41) is 3.48. The molecule has 19 heavy (non-hydrogen) atoms. The molecule has 2 aromatic carbocycles. The number of rotatable bonds is 3. The van der Waals surface area contributed by atoms with Crippen LogP contribution in [0, 0.1) is 5.82 Å². The van der Waals surface area contributed by atoms with Gasteiger partial charge in [-0.2, -0.15) is 0 Å². The molecule has 0 unspecified atom stereocenters. The van der Waals surface area contributed by atoms with E-state index in [-0.39, 0.29) is 11.4 Å². The van der Waals surface area contributed by atoms with Gasteiger partial charge in [0.15, 0.2) is 0 Å². The molecule has 3 N–H and O–H groups in total. The van der Waals surface area contributed by atoms with Crippen molar-refractivity contribution in [1.82, 2.24) is 0 Å². The molecular formula is C13H11BrClFN2O. The molecule has 0 fully saturated rings. The number of nitrogen functional groups attached to an aromatic ring is 1. The number of benzene rings is 2. The standard InChI is InChI=1S/C13H11BrClFN2O/c1-19-12-6-11(8(16)5-9(12)17)18-10-4-2-3-7(15)13(10)14/h2-6,18H,17H2,1H3. The van der Waals surface area contributed by atoms with Gasteiger partial charge in [-0.05, 0) is 28.1 Å². The summed E-state index contributed by atoms with van der Waals surface area (Å²) in [5.74, 6) is -0.0628. The number of nitrogens with two attached hydrogens (primary N) is 1. The largest absolute Gasteiger partial charge is 0.495 e. The van der Waals surface area contributed by atoms with Gasteiger partial charge in [0.1, 0.15) is 11.6 Å². The Balaban J connectivity index is 2.41. The molecule has 0 aliphatic rings. The Morgan fingerprint density at radius 1 is 1.32 bits per heavy atom. The average Bonchev–Trinajstić information content (AvgIpc) is 2.38. The fourth-order valence-electron chi connectivity index (χ4n) is 1.59. The zero-order valence-electron chi connectivity index (χ0n) is 10.0. The topological polar surface area (TPSA) is 47.3 Å². The molecule has 0 spiro atoms. The number of methoxy groups -OCH3 is 1. The maximum absolute atomic E-state index is 13.8. The highest BCUT2D eigenvalue weighted by atomic mass is 79.9. The van der Waals surface area contributed by atoms with Gasteiger partial charge in [0.2, 0.25) is 0 Å². The van der Waals surface area contributed by atoms with Crippen molar-refractivity contribution in [3.63, 3.8) is 0 Å². The Hall–Kier alpha value is -1.46. The normalized spacial score (nSPS) is 10.3. The van der Waals surface area contributed by atoms with Crippen molar-refractivity contribution in [3.05, 3.63) is 45.6 Å². The fraction of sp³-hybridized carbons (Fsp3) is 0.0769. The maximum atomic E-state index is 13.8. The van der Waals surface area contributed by atoms with E-state index in [0.29, 0.717) is 20.9 Å². The van der Waals surface area contributed by atoms with Crippen LogP contribution in [0.5, 0.6) is 5.75 Å². The summed E-state index contributed by atoms with van der Waals surface area (Å²) in [6.07, 6.45) is 0. The lowest BCUT2D eigenvalue weighted by molar-refractivity contribution is 0.416. The number of halogens is 3. The highest BCUT2D eigenvalue weighted by Gasteiger charge is 2.11. The van der Waals surface area contributed by atoms with Crippen LogP contribution in [0.3, 0.4) is 0 Å². The van der Waals surface area contributed by atoms with Gasteiger partial charge in [0, 0.05) is 12.1 Å². The van der Waals surface area contributed by atoms with Gasteiger partial charge in [0.05, 0.1) is 33.7 Å². The lowest BCUT2D eigenvalue weighted by atomic mass is 10.2. The molecule has 0 bridgehead atoms. The van der Waals surface area contributed by atoms with Crippen molar-refractivity contribution in [2.45, 2.75) is 0 Å². The van der Waals surface area contributed by atoms with Crippen LogP contribution in [-0.2, 0) is 0 Å². The minimum Gasteiger partial charge on any atom is -0.495 e. The van der Waals surface area contributed by atoms with E-state index in [4.69, 9.17) is 22.1 Å². The van der Waals surface area contributed by atoms with Crippen molar-refractivity contribution in [2.75, 3.05) is 18.2 Å². The van der Waals surface area contributed by atoms with Crippen LogP contribution in [0.15, 0.2) is 34.8 Å². The van der Waals surface area contributed by atoms with E-state index in [0.717, 1.165) is 0 Å². The number of hydrogen-bond donors (Lipinski definition) is 2. The lowest BCUT2D eigenvalue weighted by Gasteiger charge is -2.13. The Morgan fingerprint density at radius 3 is 2.74 bits per heavy atom. The Kier molecular flexibility index (Phi) is 4.17. The third-order valence-electron chi connectivity index (χ3n) is 2.54. The maximum Gasteiger partial charge on any atom is 0.148 e. The van der Waals surface area contributed by atoms with Crippen molar-refractivity contribution in [2.24, 2.45) is 0 Å². The molecule has 0 aliphatic carbocycles. The highest BCUT2D eigenvalue weighted by Crippen LogP contribution is 2.35. The van der Waals surface area contributed by atoms with Crippen molar-refractivity contribution in [3.8, 4) is 5.75 Å². The third kappa shape index (κ3) is 2.93. The van der Waals surface area contributed by atoms with Crippen molar-refractivity contribution in [1.29, 1.82) is 0 Å². The van der Waals surface area contributed by atoms with Gasteiger partial charge in [-0.1, -0.05) is 17.7 Å². The van der Waals surface area contributed by atoms with E-state index in [1.54, 1.807) is 18.2 Å². The van der Waals surface area contributed by atoms with Crippen LogP contribution < -0.4 is 15.8 Å². The van der Waals surface area contributed by atoms with Crippen molar-refractivity contribution < 1.29 is 9.13 Å². The quantitative estimate of drug-likeness (QED) is 0.801. The fourth-order valence-corrected chi connectivity index (χ4v) is 2.12. The second-order valence-electron chi connectivity index (χ2n) is 3.80. The first-order valence-electron chi connectivity index (χ1n) is 5.37. The Morgan fingerprint density at radius 2 is 2.05 bits per heavy atom. The second kappa shape index (κ2) is 5.67. The van der Waals surface area contributed by atoms with Crippen LogP contribution >= 0.6 is 27.5 Å². The molecule has 0 heterocycles. The Bertz CT molecular complexity index is 622. The van der Waals surface area contributed by atoms with Crippen LogP contribution in [0.2, 0.25) is 5.02 Å². The monoisotopic (exact) mass is 344 g/mol. The molecule has 0 atom stereocenters. The van der Waals surface area contributed by atoms with Gasteiger partial charge in [-0.3, -0.25) is 0 Å². The molecule has 3 nitrogen and oxygen atoms in total. The summed E-state index contributed by atoms with van der Waals surface area (Å²) >= 11 is 9.32. The first kappa shape index (κ1) is 14.0. The van der Waals surface area contributed by atoms with E-state index in [1.165, 1.54) is 19.2 Å².